The van der Waals surface area contributed by atoms with Crippen LogP contribution in [0.1, 0.15) is 25.7 Å². The maximum atomic E-state index is 14.3. The minimum Gasteiger partial charge on any atom is -0.369 e. The van der Waals surface area contributed by atoms with Gasteiger partial charge in [0.05, 0.1) is 6.26 Å². The fourth-order valence-corrected chi connectivity index (χ4v) is 3.60. The first-order valence-electron chi connectivity index (χ1n) is 9.47. The first-order chi connectivity index (χ1) is 13.7. The van der Waals surface area contributed by atoms with Crippen molar-refractivity contribution in [3.05, 3.63) is 35.9 Å². The van der Waals surface area contributed by atoms with Gasteiger partial charge >= 0.3 is 0 Å². The molecule has 0 saturated carbocycles. The molecule has 1 atom stereocenters. The van der Waals surface area contributed by atoms with Crippen LogP contribution in [0.15, 0.2) is 24.3 Å². The number of aromatic nitrogens is 2. The van der Waals surface area contributed by atoms with E-state index in [-0.39, 0.29) is 22.9 Å². The molecule has 2 N–H and O–H groups in total. The zero-order valence-electron chi connectivity index (χ0n) is 16.5. The number of hydrogen-bond donors (Lipinski definition) is 2. The molecule has 0 amide bonds. The Balaban J connectivity index is 1.80. The second-order valence-corrected chi connectivity index (χ2v) is 9.26. The monoisotopic (exact) mass is 425 g/mol. The van der Waals surface area contributed by atoms with Crippen LogP contribution < -0.4 is 10.6 Å². The number of nitrogens with one attached hydrogen (secondary N) is 2. The lowest BCUT2D eigenvalue weighted by molar-refractivity contribution is 0.470. The standard InChI is InChI=1S/C19H25F2N5O2S/c1-26(29(2,27)28)10-6-9-22-18-15-11-13(20)12-16(21)17(15)24-19(25-18)23-14-7-4-3-5-8-14/h3-4,11-12,14H,5-10H2,1-2H3,(H2,22,23,24,25). The molecule has 3 rings (SSSR count). The molecule has 1 unspecified atom stereocenters. The predicted octanol–water partition coefficient (Wildman–Crippen LogP) is 3.12. The van der Waals surface area contributed by atoms with Crippen LogP contribution in [0.4, 0.5) is 20.5 Å². The summed E-state index contributed by atoms with van der Waals surface area (Å²) in [6, 6.07) is 2.14. The van der Waals surface area contributed by atoms with Crippen molar-refractivity contribution < 1.29 is 17.2 Å². The van der Waals surface area contributed by atoms with Crippen LogP contribution in [0.2, 0.25) is 0 Å². The molecule has 0 bridgehead atoms. The Morgan fingerprint density at radius 1 is 1.24 bits per heavy atom. The summed E-state index contributed by atoms with van der Waals surface area (Å²) in [4.78, 5) is 8.66. The second-order valence-electron chi connectivity index (χ2n) is 7.17. The Labute approximate surface area is 169 Å². The van der Waals surface area contributed by atoms with Crippen molar-refractivity contribution >= 4 is 32.7 Å². The number of sulfonamides is 1. The molecular weight excluding hydrogens is 400 g/mol. The zero-order chi connectivity index (χ0) is 21.0. The molecule has 10 heteroatoms. The van der Waals surface area contributed by atoms with Gasteiger partial charge in [-0.2, -0.15) is 4.98 Å². The number of anilines is 2. The third-order valence-corrected chi connectivity index (χ3v) is 6.14. The van der Waals surface area contributed by atoms with E-state index >= 15 is 0 Å². The molecule has 0 saturated heterocycles. The lowest BCUT2D eigenvalue weighted by Gasteiger charge is -2.20. The van der Waals surface area contributed by atoms with Crippen molar-refractivity contribution in [2.45, 2.75) is 31.7 Å². The molecule has 0 fully saturated rings. The van der Waals surface area contributed by atoms with Crippen molar-refractivity contribution in [3.63, 3.8) is 0 Å². The number of benzene rings is 1. The van der Waals surface area contributed by atoms with E-state index < -0.39 is 21.7 Å². The van der Waals surface area contributed by atoms with Crippen LogP contribution in [-0.4, -0.2) is 55.1 Å². The molecule has 29 heavy (non-hydrogen) atoms. The fraction of sp³-hybridized carbons (Fsp3) is 0.474. The Hall–Kier alpha value is -2.33. The maximum Gasteiger partial charge on any atom is 0.225 e. The van der Waals surface area contributed by atoms with E-state index in [1.807, 2.05) is 0 Å². The summed E-state index contributed by atoms with van der Waals surface area (Å²) in [5.74, 6) is -0.881. The summed E-state index contributed by atoms with van der Waals surface area (Å²) >= 11 is 0. The summed E-state index contributed by atoms with van der Waals surface area (Å²) in [6.07, 6.45) is 8.53. The predicted molar refractivity (Wildman–Crippen MR) is 110 cm³/mol. The number of allylic oxidation sites excluding steroid dienone is 1. The normalized spacial score (nSPS) is 17.1. The third kappa shape index (κ3) is 5.60. The summed E-state index contributed by atoms with van der Waals surface area (Å²) in [5, 5.41) is 6.53. The molecule has 158 valence electrons. The van der Waals surface area contributed by atoms with Gasteiger partial charge in [-0.3, -0.25) is 0 Å². The van der Waals surface area contributed by atoms with E-state index in [0.717, 1.165) is 31.6 Å². The maximum absolute atomic E-state index is 14.3. The van der Waals surface area contributed by atoms with Crippen LogP contribution in [0, 0.1) is 11.6 Å². The highest BCUT2D eigenvalue weighted by molar-refractivity contribution is 7.88. The lowest BCUT2D eigenvalue weighted by atomic mass is 10.0. The van der Waals surface area contributed by atoms with Crippen LogP contribution in [-0.2, 0) is 10.0 Å². The van der Waals surface area contributed by atoms with Gasteiger partial charge in [0.15, 0.2) is 5.82 Å². The van der Waals surface area contributed by atoms with Gasteiger partial charge in [-0.15, -0.1) is 0 Å². The van der Waals surface area contributed by atoms with Gasteiger partial charge in [0, 0.05) is 37.6 Å². The van der Waals surface area contributed by atoms with Crippen molar-refractivity contribution in [3.8, 4) is 0 Å². The number of nitrogens with zero attached hydrogens (tertiary/aromatic N) is 3. The minimum atomic E-state index is -3.25. The molecule has 0 radical (unpaired) electrons. The first-order valence-corrected chi connectivity index (χ1v) is 11.3. The van der Waals surface area contributed by atoms with Gasteiger partial charge in [-0.25, -0.2) is 26.5 Å². The highest BCUT2D eigenvalue weighted by atomic mass is 32.2. The van der Waals surface area contributed by atoms with Gasteiger partial charge < -0.3 is 10.6 Å². The average Bonchev–Trinajstić information content (AvgIpc) is 2.65. The number of halogens is 2. The Bertz CT molecular complexity index is 1010. The Morgan fingerprint density at radius 3 is 2.72 bits per heavy atom. The van der Waals surface area contributed by atoms with Crippen LogP contribution in [0.25, 0.3) is 10.9 Å². The van der Waals surface area contributed by atoms with Gasteiger partial charge in [-0.1, -0.05) is 12.2 Å². The van der Waals surface area contributed by atoms with Crippen molar-refractivity contribution in [1.82, 2.24) is 14.3 Å². The van der Waals surface area contributed by atoms with Crippen molar-refractivity contribution in [1.29, 1.82) is 0 Å². The van der Waals surface area contributed by atoms with Gasteiger partial charge in [-0.05, 0) is 31.7 Å². The summed E-state index contributed by atoms with van der Waals surface area (Å²) in [6.45, 7) is 0.701. The summed E-state index contributed by atoms with van der Waals surface area (Å²) < 4.78 is 52.3. The molecule has 1 aliphatic carbocycles. The highest BCUT2D eigenvalue weighted by Gasteiger charge is 2.17. The molecular formula is C19H25F2N5O2S. The first kappa shape index (κ1) is 21.4. The highest BCUT2D eigenvalue weighted by Crippen LogP contribution is 2.26. The lowest BCUT2D eigenvalue weighted by Crippen LogP contribution is -2.27. The second kappa shape index (κ2) is 9.00. The number of hydrogen-bond acceptors (Lipinski definition) is 6. The molecule has 1 heterocycles. The van der Waals surface area contributed by atoms with Gasteiger partial charge in [0.25, 0.3) is 0 Å². The van der Waals surface area contributed by atoms with E-state index in [0.29, 0.717) is 25.3 Å². The van der Waals surface area contributed by atoms with Gasteiger partial charge in [0.2, 0.25) is 16.0 Å². The molecule has 0 spiro atoms. The summed E-state index contributed by atoms with van der Waals surface area (Å²) in [7, 11) is -1.75. The number of rotatable bonds is 8. The van der Waals surface area contributed by atoms with E-state index in [1.54, 1.807) is 0 Å². The van der Waals surface area contributed by atoms with Gasteiger partial charge in [0.1, 0.15) is 17.2 Å². The van der Waals surface area contributed by atoms with Crippen LogP contribution >= 0.6 is 0 Å². The average molecular weight is 426 g/mol. The molecule has 0 aliphatic heterocycles. The smallest absolute Gasteiger partial charge is 0.225 e. The number of fused-ring (bicyclic) bond motifs is 1. The largest absolute Gasteiger partial charge is 0.369 e. The van der Waals surface area contributed by atoms with E-state index in [1.165, 1.54) is 17.4 Å². The molecule has 2 aromatic rings. The molecule has 1 aliphatic rings. The molecule has 1 aromatic carbocycles. The van der Waals surface area contributed by atoms with Crippen LogP contribution in [0.5, 0.6) is 0 Å². The topological polar surface area (TPSA) is 87.2 Å². The molecule has 1 aromatic heterocycles. The van der Waals surface area contributed by atoms with Crippen LogP contribution in [0.3, 0.4) is 0 Å². The molecule has 7 nitrogen and oxygen atoms in total. The Morgan fingerprint density at radius 2 is 2.03 bits per heavy atom. The minimum absolute atomic E-state index is 0.0333. The quantitative estimate of drug-likeness (QED) is 0.499. The van der Waals surface area contributed by atoms with Crippen molar-refractivity contribution in [2.75, 3.05) is 37.0 Å². The van der Waals surface area contributed by atoms with Crippen molar-refractivity contribution in [2.24, 2.45) is 0 Å². The third-order valence-electron chi connectivity index (χ3n) is 4.83. The SMILES string of the molecule is CN(CCCNc1nc(NC2CC=CCC2)nc2c(F)cc(F)cc12)S(C)(=O)=O. The van der Waals surface area contributed by atoms with E-state index in [9.17, 15) is 17.2 Å². The fourth-order valence-electron chi connectivity index (χ4n) is 3.14. The summed E-state index contributed by atoms with van der Waals surface area (Å²) in [5.41, 5.74) is 0.0333. The van der Waals surface area contributed by atoms with E-state index in [4.69, 9.17) is 0 Å². The van der Waals surface area contributed by atoms with E-state index in [2.05, 4.69) is 32.8 Å². The Kier molecular flexibility index (Phi) is 6.63. The zero-order valence-corrected chi connectivity index (χ0v) is 17.3.